The second-order valence-electron chi connectivity index (χ2n) is 4.96. The first-order valence-corrected chi connectivity index (χ1v) is 7.44. The highest BCUT2D eigenvalue weighted by Gasteiger charge is 2.39. The van der Waals surface area contributed by atoms with Crippen LogP contribution in [0.2, 0.25) is 10.0 Å². The summed E-state index contributed by atoms with van der Waals surface area (Å²) in [6.45, 7) is 0. The van der Waals surface area contributed by atoms with Gasteiger partial charge < -0.3 is 5.32 Å². The highest BCUT2D eigenvalue weighted by molar-refractivity contribution is 6.31. The Morgan fingerprint density at radius 3 is 2.41 bits per heavy atom. The Morgan fingerprint density at radius 1 is 1.00 bits per heavy atom. The van der Waals surface area contributed by atoms with E-state index in [0.29, 0.717) is 21.4 Å². The summed E-state index contributed by atoms with van der Waals surface area (Å²) in [5.74, 6) is -0.529. The standard InChI is InChI=1S/C16H12Cl2N2O2/c17-10-4-6-13(7-5-10)20-15(21)9-14(16(20)22)19-12-3-1-2-11(18)8-12/h1-8,14,19H,9H2/t14-/m0/s1. The van der Waals surface area contributed by atoms with Crippen LogP contribution in [0.3, 0.4) is 0 Å². The first-order chi connectivity index (χ1) is 10.5. The molecule has 1 N–H and O–H groups in total. The molecule has 112 valence electrons. The summed E-state index contributed by atoms with van der Waals surface area (Å²) in [5.41, 5.74) is 1.23. The summed E-state index contributed by atoms with van der Waals surface area (Å²) < 4.78 is 0. The minimum Gasteiger partial charge on any atom is -0.373 e. The average molecular weight is 335 g/mol. The highest BCUT2D eigenvalue weighted by Crippen LogP contribution is 2.26. The maximum absolute atomic E-state index is 12.5. The largest absolute Gasteiger partial charge is 0.373 e. The van der Waals surface area contributed by atoms with Gasteiger partial charge in [-0.25, -0.2) is 4.90 Å². The Kier molecular flexibility index (Phi) is 4.05. The van der Waals surface area contributed by atoms with Crippen LogP contribution in [-0.4, -0.2) is 17.9 Å². The Balaban J connectivity index is 1.81. The van der Waals surface area contributed by atoms with Crippen molar-refractivity contribution in [3.8, 4) is 0 Å². The molecule has 1 saturated heterocycles. The van der Waals surface area contributed by atoms with Gasteiger partial charge in [0.15, 0.2) is 0 Å². The molecular weight excluding hydrogens is 323 g/mol. The summed E-state index contributed by atoms with van der Waals surface area (Å²) in [4.78, 5) is 25.8. The van der Waals surface area contributed by atoms with Crippen LogP contribution in [0.5, 0.6) is 0 Å². The third-order valence-corrected chi connectivity index (χ3v) is 3.88. The molecular formula is C16H12Cl2N2O2. The molecule has 0 spiro atoms. The number of amides is 2. The number of halogens is 2. The van der Waals surface area contributed by atoms with Crippen molar-refractivity contribution in [3.05, 3.63) is 58.6 Å². The zero-order valence-electron chi connectivity index (χ0n) is 11.4. The lowest BCUT2D eigenvalue weighted by Gasteiger charge is -2.16. The fraction of sp³-hybridized carbons (Fsp3) is 0.125. The van der Waals surface area contributed by atoms with Crippen molar-refractivity contribution in [2.45, 2.75) is 12.5 Å². The molecule has 0 bridgehead atoms. The average Bonchev–Trinajstić information content (AvgIpc) is 2.75. The second kappa shape index (κ2) is 5.99. The van der Waals surface area contributed by atoms with Crippen LogP contribution < -0.4 is 10.2 Å². The Bertz CT molecular complexity index is 731. The van der Waals surface area contributed by atoms with Gasteiger partial charge in [0.05, 0.1) is 12.1 Å². The number of nitrogens with one attached hydrogen (secondary N) is 1. The van der Waals surface area contributed by atoms with Crippen molar-refractivity contribution < 1.29 is 9.59 Å². The number of carbonyl (C=O) groups is 2. The second-order valence-corrected chi connectivity index (χ2v) is 5.83. The monoisotopic (exact) mass is 334 g/mol. The van der Waals surface area contributed by atoms with E-state index in [9.17, 15) is 9.59 Å². The Hall–Kier alpha value is -2.04. The molecule has 0 aliphatic carbocycles. The van der Waals surface area contributed by atoms with Crippen LogP contribution in [0.15, 0.2) is 48.5 Å². The molecule has 2 amide bonds. The summed E-state index contributed by atoms with van der Waals surface area (Å²) in [7, 11) is 0. The minimum atomic E-state index is -0.596. The van der Waals surface area contributed by atoms with Crippen LogP contribution >= 0.6 is 23.2 Å². The van der Waals surface area contributed by atoms with Gasteiger partial charge in [-0.2, -0.15) is 0 Å². The molecule has 0 saturated carbocycles. The van der Waals surface area contributed by atoms with Crippen molar-refractivity contribution in [1.82, 2.24) is 0 Å². The number of benzene rings is 2. The number of hydrogen-bond acceptors (Lipinski definition) is 3. The zero-order valence-corrected chi connectivity index (χ0v) is 12.9. The molecule has 0 aromatic heterocycles. The van der Waals surface area contributed by atoms with Gasteiger partial charge in [-0.1, -0.05) is 29.3 Å². The van der Waals surface area contributed by atoms with Gasteiger partial charge in [-0.05, 0) is 42.5 Å². The lowest BCUT2D eigenvalue weighted by atomic mass is 10.2. The third-order valence-electron chi connectivity index (χ3n) is 3.40. The zero-order chi connectivity index (χ0) is 15.7. The van der Waals surface area contributed by atoms with Crippen LogP contribution in [-0.2, 0) is 9.59 Å². The topological polar surface area (TPSA) is 49.4 Å². The van der Waals surface area contributed by atoms with Crippen LogP contribution in [0.25, 0.3) is 0 Å². The molecule has 1 aliphatic rings. The molecule has 2 aromatic carbocycles. The first-order valence-electron chi connectivity index (χ1n) is 6.69. The van der Waals surface area contributed by atoms with Gasteiger partial charge in [0.2, 0.25) is 5.91 Å². The molecule has 0 unspecified atom stereocenters. The maximum Gasteiger partial charge on any atom is 0.256 e. The normalized spacial score (nSPS) is 17.9. The van der Waals surface area contributed by atoms with Gasteiger partial charge in [-0.3, -0.25) is 9.59 Å². The van der Waals surface area contributed by atoms with E-state index in [4.69, 9.17) is 23.2 Å². The van der Waals surface area contributed by atoms with Crippen LogP contribution in [0.1, 0.15) is 6.42 Å². The number of anilines is 2. The molecule has 1 fully saturated rings. The Morgan fingerprint density at radius 2 is 1.73 bits per heavy atom. The summed E-state index contributed by atoms with van der Waals surface area (Å²) in [6, 6.07) is 13.0. The predicted molar refractivity (Wildman–Crippen MR) is 87.4 cm³/mol. The number of rotatable bonds is 3. The van der Waals surface area contributed by atoms with Gasteiger partial charge in [0, 0.05) is 15.7 Å². The van der Waals surface area contributed by atoms with E-state index in [0.717, 1.165) is 0 Å². The molecule has 1 atom stereocenters. The fourth-order valence-electron chi connectivity index (χ4n) is 2.39. The van der Waals surface area contributed by atoms with Gasteiger partial charge >= 0.3 is 0 Å². The Labute approximate surface area is 137 Å². The highest BCUT2D eigenvalue weighted by atomic mass is 35.5. The van der Waals surface area contributed by atoms with E-state index in [1.165, 1.54) is 4.90 Å². The molecule has 1 aliphatic heterocycles. The molecule has 2 aromatic rings. The van der Waals surface area contributed by atoms with Crippen molar-refractivity contribution >= 4 is 46.4 Å². The SMILES string of the molecule is O=C1C[C@H](Nc2cccc(Cl)c2)C(=O)N1c1ccc(Cl)cc1. The lowest BCUT2D eigenvalue weighted by molar-refractivity contribution is -0.121. The van der Waals surface area contributed by atoms with E-state index < -0.39 is 6.04 Å². The van der Waals surface area contributed by atoms with E-state index in [-0.39, 0.29) is 18.2 Å². The van der Waals surface area contributed by atoms with Crippen LogP contribution in [0, 0.1) is 0 Å². The van der Waals surface area contributed by atoms with Crippen molar-refractivity contribution in [2.75, 3.05) is 10.2 Å². The summed E-state index contributed by atoms with van der Waals surface area (Å²) >= 11 is 11.7. The molecule has 0 radical (unpaired) electrons. The fourth-order valence-corrected chi connectivity index (χ4v) is 2.70. The molecule has 6 heteroatoms. The number of imide groups is 1. The van der Waals surface area contributed by atoms with E-state index >= 15 is 0 Å². The van der Waals surface area contributed by atoms with Gasteiger partial charge in [-0.15, -0.1) is 0 Å². The molecule has 22 heavy (non-hydrogen) atoms. The predicted octanol–water partition coefficient (Wildman–Crippen LogP) is 3.74. The van der Waals surface area contributed by atoms with E-state index in [1.807, 2.05) is 0 Å². The minimum absolute atomic E-state index is 0.105. The molecule has 1 heterocycles. The van der Waals surface area contributed by atoms with E-state index in [1.54, 1.807) is 48.5 Å². The first kappa shape index (κ1) is 14.9. The quantitative estimate of drug-likeness (QED) is 0.870. The third kappa shape index (κ3) is 2.93. The summed E-state index contributed by atoms with van der Waals surface area (Å²) in [6.07, 6.45) is 0.105. The van der Waals surface area contributed by atoms with Gasteiger partial charge in [0.25, 0.3) is 5.91 Å². The van der Waals surface area contributed by atoms with Crippen molar-refractivity contribution in [1.29, 1.82) is 0 Å². The number of hydrogen-bond donors (Lipinski definition) is 1. The smallest absolute Gasteiger partial charge is 0.256 e. The lowest BCUT2D eigenvalue weighted by Crippen LogP contribution is -2.34. The summed E-state index contributed by atoms with van der Waals surface area (Å²) in [5, 5.41) is 4.17. The van der Waals surface area contributed by atoms with Crippen molar-refractivity contribution in [3.63, 3.8) is 0 Å². The molecule has 4 nitrogen and oxygen atoms in total. The maximum atomic E-state index is 12.5. The molecule has 3 rings (SSSR count). The number of nitrogens with zero attached hydrogens (tertiary/aromatic N) is 1. The van der Waals surface area contributed by atoms with Crippen LogP contribution in [0.4, 0.5) is 11.4 Å². The van der Waals surface area contributed by atoms with Gasteiger partial charge in [0.1, 0.15) is 6.04 Å². The van der Waals surface area contributed by atoms with Crippen molar-refractivity contribution in [2.24, 2.45) is 0 Å². The van der Waals surface area contributed by atoms with E-state index in [2.05, 4.69) is 5.32 Å². The number of carbonyl (C=O) groups excluding carboxylic acids is 2.